The van der Waals surface area contributed by atoms with E-state index in [0.29, 0.717) is 6.04 Å². The smallest absolute Gasteiger partial charge is 0.0593 e. The van der Waals surface area contributed by atoms with Gasteiger partial charge in [0.05, 0.1) is 6.04 Å². The molecule has 2 atom stereocenters. The van der Waals surface area contributed by atoms with E-state index in [1.165, 1.54) is 22.6 Å². The lowest BCUT2D eigenvalue weighted by atomic mass is 9.97. The third-order valence-corrected chi connectivity index (χ3v) is 5.62. The van der Waals surface area contributed by atoms with E-state index in [-0.39, 0.29) is 6.04 Å². The van der Waals surface area contributed by atoms with E-state index in [2.05, 4.69) is 49.9 Å². The maximum atomic E-state index is 6.44. The first kappa shape index (κ1) is 16.0. The molecule has 20 heavy (non-hydrogen) atoms. The SMILES string of the molecule is CCC(N)C(c1ccc(C)s1)N1CCC(N(C)C)CC1. The minimum Gasteiger partial charge on any atom is -0.326 e. The number of rotatable bonds is 5. The van der Waals surface area contributed by atoms with Gasteiger partial charge < -0.3 is 10.6 Å². The first-order chi connectivity index (χ1) is 9.52. The molecular formula is C16H29N3S. The van der Waals surface area contributed by atoms with Crippen LogP contribution in [0.25, 0.3) is 0 Å². The summed E-state index contributed by atoms with van der Waals surface area (Å²) in [4.78, 5) is 7.80. The standard InChI is InChI=1S/C16H29N3S/c1-5-14(17)16(15-7-6-12(2)20-15)19-10-8-13(9-11-19)18(3)4/h6-7,13-14,16H,5,8-11,17H2,1-4H3. The van der Waals surface area contributed by atoms with Crippen LogP contribution < -0.4 is 5.73 Å². The van der Waals surface area contributed by atoms with E-state index < -0.39 is 0 Å². The molecule has 4 heteroatoms. The van der Waals surface area contributed by atoms with E-state index >= 15 is 0 Å². The second-order valence-corrected chi connectivity index (χ2v) is 7.52. The maximum absolute atomic E-state index is 6.44. The number of hydrogen-bond acceptors (Lipinski definition) is 4. The van der Waals surface area contributed by atoms with Crippen LogP contribution in [0.3, 0.4) is 0 Å². The highest BCUT2D eigenvalue weighted by atomic mass is 32.1. The first-order valence-corrected chi connectivity index (χ1v) is 8.57. The summed E-state index contributed by atoms with van der Waals surface area (Å²) >= 11 is 1.91. The average Bonchev–Trinajstić information content (AvgIpc) is 2.85. The van der Waals surface area contributed by atoms with Crippen LogP contribution in [0.4, 0.5) is 0 Å². The first-order valence-electron chi connectivity index (χ1n) is 7.75. The highest BCUT2D eigenvalue weighted by Gasteiger charge is 2.30. The predicted octanol–water partition coefficient (Wildman–Crippen LogP) is 2.86. The molecule has 1 aromatic rings. The molecule has 0 aromatic carbocycles. The van der Waals surface area contributed by atoms with Gasteiger partial charge in [0, 0.05) is 34.9 Å². The Morgan fingerprint density at radius 2 is 2.00 bits per heavy atom. The molecule has 2 N–H and O–H groups in total. The maximum Gasteiger partial charge on any atom is 0.0593 e. The van der Waals surface area contributed by atoms with Gasteiger partial charge in [-0.05, 0) is 52.4 Å². The molecular weight excluding hydrogens is 266 g/mol. The molecule has 0 saturated carbocycles. The Balaban J connectivity index is 2.09. The Morgan fingerprint density at radius 3 is 2.45 bits per heavy atom. The second kappa shape index (κ2) is 7.03. The van der Waals surface area contributed by atoms with Gasteiger partial charge >= 0.3 is 0 Å². The molecule has 2 heterocycles. The van der Waals surface area contributed by atoms with Gasteiger partial charge in [-0.3, -0.25) is 4.90 Å². The molecule has 1 fully saturated rings. The summed E-state index contributed by atoms with van der Waals surface area (Å²) < 4.78 is 0. The van der Waals surface area contributed by atoms with Crippen LogP contribution in [0, 0.1) is 6.92 Å². The Hall–Kier alpha value is -0.420. The highest BCUT2D eigenvalue weighted by Crippen LogP contribution is 2.33. The summed E-state index contributed by atoms with van der Waals surface area (Å²) in [5.74, 6) is 0. The monoisotopic (exact) mass is 295 g/mol. The fraction of sp³-hybridized carbons (Fsp3) is 0.750. The summed E-state index contributed by atoms with van der Waals surface area (Å²) in [7, 11) is 4.39. The molecule has 1 aromatic heterocycles. The fourth-order valence-electron chi connectivity index (χ4n) is 3.18. The zero-order valence-electron chi connectivity index (χ0n) is 13.3. The van der Waals surface area contributed by atoms with E-state index in [1.54, 1.807) is 0 Å². The normalized spacial score (nSPS) is 21.3. The molecule has 2 unspecified atom stereocenters. The van der Waals surface area contributed by atoms with Gasteiger partial charge in [0.25, 0.3) is 0 Å². The number of piperidine rings is 1. The van der Waals surface area contributed by atoms with Crippen molar-refractivity contribution in [2.24, 2.45) is 5.73 Å². The molecule has 114 valence electrons. The Labute approximate surface area is 127 Å². The number of likely N-dealkylation sites (tertiary alicyclic amines) is 1. The van der Waals surface area contributed by atoms with Crippen molar-refractivity contribution in [3.05, 3.63) is 21.9 Å². The van der Waals surface area contributed by atoms with E-state index in [0.717, 1.165) is 25.6 Å². The average molecular weight is 295 g/mol. The van der Waals surface area contributed by atoms with Crippen molar-refractivity contribution in [3.63, 3.8) is 0 Å². The van der Waals surface area contributed by atoms with Crippen molar-refractivity contribution < 1.29 is 0 Å². The number of nitrogens with zero attached hydrogens (tertiary/aromatic N) is 2. The van der Waals surface area contributed by atoms with E-state index in [1.807, 2.05) is 11.3 Å². The second-order valence-electron chi connectivity index (χ2n) is 6.20. The third kappa shape index (κ3) is 3.61. The minimum absolute atomic E-state index is 0.240. The summed E-state index contributed by atoms with van der Waals surface area (Å²) in [6.07, 6.45) is 3.55. The van der Waals surface area contributed by atoms with Gasteiger partial charge in [0.15, 0.2) is 0 Å². The quantitative estimate of drug-likeness (QED) is 0.906. The lowest BCUT2D eigenvalue weighted by Gasteiger charge is -2.41. The van der Waals surface area contributed by atoms with Crippen LogP contribution in [-0.4, -0.2) is 49.1 Å². The van der Waals surface area contributed by atoms with Crippen LogP contribution in [-0.2, 0) is 0 Å². The minimum atomic E-state index is 0.240. The topological polar surface area (TPSA) is 32.5 Å². The molecule has 1 saturated heterocycles. The predicted molar refractivity (Wildman–Crippen MR) is 88.3 cm³/mol. The van der Waals surface area contributed by atoms with Crippen LogP contribution >= 0.6 is 11.3 Å². The molecule has 3 nitrogen and oxygen atoms in total. The number of thiophene rings is 1. The van der Waals surface area contributed by atoms with Crippen LogP contribution in [0.1, 0.15) is 42.0 Å². The lowest BCUT2D eigenvalue weighted by Crippen LogP contribution is -2.47. The number of nitrogens with two attached hydrogens (primary N) is 1. The number of hydrogen-bond donors (Lipinski definition) is 1. The zero-order valence-corrected chi connectivity index (χ0v) is 14.1. The van der Waals surface area contributed by atoms with Gasteiger partial charge in [0.2, 0.25) is 0 Å². The van der Waals surface area contributed by atoms with Crippen molar-refractivity contribution in [2.45, 2.75) is 51.2 Å². The third-order valence-electron chi connectivity index (χ3n) is 4.55. The Morgan fingerprint density at radius 1 is 1.35 bits per heavy atom. The van der Waals surface area contributed by atoms with Crippen molar-refractivity contribution in [3.8, 4) is 0 Å². The summed E-state index contributed by atoms with van der Waals surface area (Å²) in [5, 5.41) is 0. The van der Waals surface area contributed by atoms with Crippen LogP contribution in [0.2, 0.25) is 0 Å². The fourth-order valence-corrected chi connectivity index (χ4v) is 4.27. The molecule has 0 bridgehead atoms. The van der Waals surface area contributed by atoms with E-state index in [9.17, 15) is 0 Å². The highest BCUT2D eigenvalue weighted by molar-refractivity contribution is 7.12. The largest absolute Gasteiger partial charge is 0.326 e. The van der Waals surface area contributed by atoms with Crippen molar-refractivity contribution in [2.75, 3.05) is 27.2 Å². The summed E-state index contributed by atoms with van der Waals surface area (Å²) in [6, 6.07) is 5.88. The Bertz CT molecular complexity index is 408. The molecule has 1 aliphatic heterocycles. The van der Waals surface area contributed by atoms with Crippen molar-refractivity contribution >= 4 is 11.3 Å². The van der Waals surface area contributed by atoms with Gasteiger partial charge in [-0.15, -0.1) is 11.3 Å². The van der Waals surface area contributed by atoms with Crippen LogP contribution in [0.15, 0.2) is 12.1 Å². The van der Waals surface area contributed by atoms with Crippen molar-refractivity contribution in [1.82, 2.24) is 9.80 Å². The molecule has 0 aliphatic carbocycles. The zero-order chi connectivity index (χ0) is 14.7. The van der Waals surface area contributed by atoms with Gasteiger partial charge in [-0.1, -0.05) is 6.92 Å². The van der Waals surface area contributed by atoms with Gasteiger partial charge in [-0.2, -0.15) is 0 Å². The van der Waals surface area contributed by atoms with E-state index in [4.69, 9.17) is 5.73 Å². The van der Waals surface area contributed by atoms with Gasteiger partial charge in [0.1, 0.15) is 0 Å². The van der Waals surface area contributed by atoms with Gasteiger partial charge in [-0.25, -0.2) is 0 Å². The Kier molecular flexibility index (Phi) is 5.61. The molecule has 0 radical (unpaired) electrons. The summed E-state index contributed by atoms with van der Waals surface area (Å²) in [6.45, 7) is 6.71. The number of aryl methyl sites for hydroxylation is 1. The lowest BCUT2D eigenvalue weighted by molar-refractivity contribution is 0.0964. The summed E-state index contributed by atoms with van der Waals surface area (Å²) in [5.41, 5.74) is 6.44. The molecule has 1 aliphatic rings. The molecule has 0 spiro atoms. The molecule has 0 amide bonds. The van der Waals surface area contributed by atoms with Crippen LogP contribution in [0.5, 0.6) is 0 Å². The van der Waals surface area contributed by atoms with Crippen molar-refractivity contribution in [1.29, 1.82) is 0 Å². The molecule has 2 rings (SSSR count).